The molecule has 0 atom stereocenters. The predicted octanol–water partition coefficient (Wildman–Crippen LogP) is 6.51. The molecule has 4 aromatic rings. The molecule has 1 N–H and O–H groups in total. The molecule has 0 amide bonds. The lowest BCUT2D eigenvalue weighted by Gasteiger charge is -2.25. The molecule has 0 saturated heterocycles. The zero-order chi connectivity index (χ0) is 24.6. The average molecular weight is 488 g/mol. The van der Waals surface area contributed by atoms with E-state index >= 15 is 0 Å². The van der Waals surface area contributed by atoms with Crippen LogP contribution in [0.15, 0.2) is 77.7 Å². The van der Waals surface area contributed by atoms with Crippen LogP contribution in [0.4, 0.5) is 0 Å². The Hall–Kier alpha value is -3.38. The van der Waals surface area contributed by atoms with E-state index in [2.05, 4.69) is 22.8 Å². The number of aromatic nitrogens is 1. The van der Waals surface area contributed by atoms with Crippen molar-refractivity contribution in [2.75, 3.05) is 6.26 Å². The summed E-state index contributed by atoms with van der Waals surface area (Å²) in [5, 5.41) is 11.1. The zero-order valence-corrected chi connectivity index (χ0v) is 20.6. The normalized spacial score (nSPS) is 14.9. The van der Waals surface area contributed by atoms with Gasteiger partial charge >= 0.3 is 5.97 Å². The molecule has 5 rings (SSSR count). The standard InChI is InChI=1S/C29H29NO4S/c1-35(33,34)24-15-12-20(13-16-24)19-30-26(21-8-4-2-5-9-21)18-23-14-17-25(29(31)32)27(28(23)30)22-10-6-3-7-11-22/h2,4-5,8-9,12-18,22H,3,6-7,10-11,19H2,1H3,(H,31,32). The fourth-order valence-corrected chi connectivity index (χ4v) is 6.05. The van der Waals surface area contributed by atoms with Gasteiger partial charge in [0.2, 0.25) is 0 Å². The number of rotatable bonds is 6. The van der Waals surface area contributed by atoms with Gasteiger partial charge in [-0.05, 0) is 59.7 Å². The molecule has 6 heteroatoms. The molecular weight excluding hydrogens is 458 g/mol. The predicted molar refractivity (Wildman–Crippen MR) is 139 cm³/mol. The fourth-order valence-electron chi connectivity index (χ4n) is 5.42. The third kappa shape index (κ3) is 4.63. The number of fused-ring (bicyclic) bond motifs is 1. The molecular formula is C29H29NO4S. The van der Waals surface area contributed by atoms with E-state index in [9.17, 15) is 18.3 Å². The second-order valence-corrected chi connectivity index (χ2v) is 11.5. The molecule has 1 aliphatic carbocycles. The van der Waals surface area contributed by atoms with Crippen molar-refractivity contribution in [3.8, 4) is 11.3 Å². The minimum Gasteiger partial charge on any atom is -0.478 e. The first-order valence-corrected chi connectivity index (χ1v) is 14.0. The van der Waals surface area contributed by atoms with E-state index in [0.717, 1.165) is 59.0 Å². The number of carboxylic acids is 1. The lowest BCUT2D eigenvalue weighted by Crippen LogP contribution is -2.13. The highest BCUT2D eigenvalue weighted by Crippen LogP contribution is 2.41. The molecule has 1 saturated carbocycles. The van der Waals surface area contributed by atoms with Crippen LogP contribution in [-0.2, 0) is 16.4 Å². The number of sulfone groups is 1. The second kappa shape index (κ2) is 9.34. The maximum Gasteiger partial charge on any atom is 0.336 e. The second-order valence-electron chi connectivity index (χ2n) is 9.50. The summed E-state index contributed by atoms with van der Waals surface area (Å²) >= 11 is 0. The van der Waals surface area contributed by atoms with Crippen LogP contribution in [0.2, 0.25) is 0 Å². The van der Waals surface area contributed by atoms with Crippen LogP contribution in [0.1, 0.15) is 59.5 Å². The van der Waals surface area contributed by atoms with Gasteiger partial charge in [0.05, 0.1) is 16.0 Å². The number of carbonyl (C=O) groups is 1. The van der Waals surface area contributed by atoms with E-state index in [0.29, 0.717) is 12.1 Å². The van der Waals surface area contributed by atoms with Crippen molar-refractivity contribution in [3.05, 3.63) is 89.5 Å². The van der Waals surface area contributed by atoms with Gasteiger partial charge in [-0.3, -0.25) is 0 Å². The zero-order valence-electron chi connectivity index (χ0n) is 19.8. The highest BCUT2D eigenvalue weighted by atomic mass is 32.2. The van der Waals surface area contributed by atoms with E-state index < -0.39 is 15.8 Å². The van der Waals surface area contributed by atoms with Crippen LogP contribution in [-0.4, -0.2) is 30.3 Å². The molecule has 0 radical (unpaired) electrons. The van der Waals surface area contributed by atoms with Crippen molar-refractivity contribution in [2.45, 2.75) is 49.5 Å². The summed E-state index contributed by atoms with van der Waals surface area (Å²) in [5.41, 5.74) is 5.33. The molecule has 0 spiro atoms. The molecule has 3 aromatic carbocycles. The van der Waals surface area contributed by atoms with E-state index in [-0.39, 0.29) is 10.8 Å². The first-order valence-electron chi connectivity index (χ1n) is 12.1. The Morgan fingerprint density at radius 3 is 2.26 bits per heavy atom. The summed E-state index contributed by atoms with van der Waals surface area (Å²) < 4.78 is 26.1. The average Bonchev–Trinajstić information content (AvgIpc) is 3.22. The number of carboxylic acid groups (broad SMARTS) is 1. The molecule has 1 fully saturated rings. The Balaban J connectivity index is 1.74. The van der Waals surface area contributed by atoms with Crippen molar-refractivity contribution < 1.29 is 18.3 Å². The first-order chi connectivity index (χ1) is 16.8. The first kappa shape index (κ1) is 23.4. The lowest BCUT2D eigenvalue weighted by atomic mass is 9.81. The summed E-state index contributed by atoms with van der Waals surface area (Å²) in [6, 6.07) is 22.9. The topological polar surface area (TPSA) is 76.4 Å². The quantitative estimate of drug-likeness (QED) is 0.336. The third-order valence-electron chi connectivity index (χ3n) is 7.11. The van der Waals surface area contributed by atoms with Crippen LogP contribution >= 0.6 is 0 Å². The molecule has 5 nitrogen and oxygen atoms in total. The molecule has 0 aliphatic heterocycles. The molecule has 0 bridgehead atoms. The van der Waals surface area contributed by atoms with E-state index in [1.807, 2.05) is 36.4 Å². The van der Waals surface area contributed by atoms with Crippen molar-refractivity contribution in [1.29, 1.82) is 0 Å². The maximum atomic E-state index is 12.3. The van der Waals surface area contributed by atoms with Gasteiger partial charge in [-0.1, -0.05) is 67.8 Å². The Morgan fingerprint density at radius 2 is 1.63 bits per heavy atom. The van der Waals surface area contributed by atoms with Crippen LogP contribution in [0, 0.1) is 0 Å². The van der Waals surface area contributed by atoms with Gasteiger partial charge in [0.25, 0.3) is 0 Å². The monoisotopic (exact) mass is 487 g/mol. The molecule has 1 aliphatic rings. The number of hydrogen-bond donors (Lipinski definition) is 1. The highest BCUT2D eigenvalue weighted by Gasteiger charge is 2.27. The van der Waals surface area contributed by atoms with Crippen LogP contribution in [0.3, 0.4) is 0 Å². The molecule has 180 valence electrons. The minimum absolute atomic E-state index is 0.212. The fraction of sp³-hybridized carbons (Fsp3) is 0.276. The minimum atomic E-state index is -3.28. The largest absolute Gasteiger partial charge is 0.478 e. The van der Waals surface area contributed by atoms with E-state index in [1.165, 1.54) is 12.7 Å². The Kier molecular flexibility index (Phi) is 6.24. The van der Waals surface area contributed by atoms with Gasteiger partial charge in [0.1, 0.15) is 0 Å². The summed E-state index contributed by atoms with van der Waals surface area (Å²) in [4.78, 5) is 12.6. The van der Waals surface area contributed by atoms with Gasteiger partial charge in [-0.15, -0.1) is 0 Å². The summed E-state index contributed by atoms with van der Waals surface area (Å²) in [6.07, 6.45) is 6.61. The summed E-state index contributed by atoms with van der Waals surface area (Å²) in [6.45, 7) is 0.514. The van der Waals surface area contributed by atoms with Gasteiger partial charge in [0.15, 0.2) is 9.84 Å². The Morgan fingerprint density at radius 1 is 0.943 bits per heavy atom. The lowest BCUT2D eigenvalue weighted by molar-refractivity contribution is 0.0695. The maximum absolute atomic E-state index is 12.3. The number of hydrogen-bond acceptors (Lipinski definition) is 3. The van der Waals surface area contributed by atoms with Crippen LogP contribution < -0.4 is 0 Å². The SMILES string of the molecule is CS(=O)(=O)c1ccc(Cn2c(-c3ccccc3)cc3ccc(C(=O)O)c(C4CCCCC4)c32)cc1. The van der Waals surface area contributed by atoms with Gasteiger partial charge in [-0.2, -0.15) is 0 Å². The van der Waals surface area contributed by atoms with Gasteiger partial charge < -0.3 is 9.67 Å². The van der Waals surface area contributed by atoms with Crippen molar-refractivity contribution >= 4 is 26.7 Å². The Bertz CT molecular complexity index is 1480. The van der Waals surface area contributed by atoms with Gasteiger partial charge in [0, 0.05) is 23.9 Å². The van der Waals surface area contributed by atoms with Crippen LogP contribution in [0.5, 0.6) is 0 Å². The van der Waals surface area contributed by atoms with E-state index in [1.54, 1.807) is 18.2 Å². The van der Waals surface area contributed by atoms with Crippen molar-refractivity contribution in [3.63, 3.8) is 0 Å². The summed E-state index contributed by atoms with van der Waals surface area (Å²) in [5.74, 6) is -0.678. The van der Waals surface area contributed by atoms with Gasteiger partial charge in [-0.25, -0.2) is 13.2 Å². The highest BCUT2D eigenvalue weighted by molar-refractivity contribution is 7.90. The molecule has 1 aromatic heterocycles. The number of nitrogens with zero attached hydrogens (tertiary/aromatic N) is 1. The van der Waals surface area contributed by atoms with Crippen molar-refractivity contribution in [2.24, 2.45) is 0 Å². The number of aromatic carboxylic acids is 1. The Labute approximate surface area is 206 Å². The third-order valence-corrected chi connectivity index (χ3v) is 8.24. The summed E-state index contributed by atoms with van der Waals surface area (Å²) in [7, 11) is -3.28. The molecule has 0 unspecified atom stereocenters. The van der Waals surface area contributed by atoms with Crippen LogP contribution in [0.25, 0.3) is 22.2 Å². The molecule has 1 heterocycles. The van der Waals surface area contributed by atoms with Crippen molar-refractivity contribution in [1.82, 2.24) is 4.57 Å². The smallest absolute Gasteiger partial charge is 0.336 e. The number of benzene rings is 3. The van der Waals surface area contributed by atoms with E-state index in [4.69, 9.17) is 0 Å². The molecule has 35 heavy (non-hydrogen) atoms.